The summed E-state index contributed by atoms with van der Waals surface area (Å²) in [5, 5.41) is 13.7. The van der Waals surface area contributed by atoms with Gasteiger partial charge in [0.05, 0.1) is 10.6 Å². The van der Waals surface area contributed by atoms with Gasteiger partial charge >= 0.3 is 0 Å². The molecule has 0 saturated carbocycles. The summed E-state index contributed by atoms with van der Waals surface area (Å²) in [6.45, 7) is 0. The second-order valence-electron chi connectivity index (χ2n) is 3.95. The van der Waals surface area contributed by atoms with Crippen molar-refractivity contribution in [1.82, 2.24) is 19.7 Å². The van der Waals surface area contributed by atoms with E-state index < -0.39 is 0 Å². The molecule has 6 nitrogen and oxygen atoms in total. The number of imidazole rings is 1. The number of hydrogen-bond acceptors (Lipinski definition) is 5. The molecule has 7 heteroatoms. The maximum Gasteiger partial charge on any atom is 0.259 e. The largest absolute Gasteiger partial charge is 0.508 e. The van der Waals surface area contributed by atoms with E-state index in [0.717, 1.165) is 0 Å². The molecule has 0 atom stereocenters. The van der Waals surface area contributed by atoms with Gasteiger partial charge in [0, 0.05) is 19.4 Å². The Morgan fingerprint density at radius 1 is 1.37 bits per heavy atom. The van der Waals surface area contributed by atoms with Crippen LogP contribution in [0.5, 0.6) is 5.75 Å². The number of aromatic nitrogens is 4. The number of aryl methyl sites for hydroxylation is 1. The molecule has 0 aliphatic carbocycles. The van der Waals surface area contributed by atoms with Crippen molar-refractivity contribution in [3.8, 4) is 28.9 Å². The van der Waals surface area contributed by atoms with Crippen LogP contribution in [0, 0.1) is 0 Å². The summed E-state index contributed by atoms with van der Waals surface area (Å²) in [5.41, 5.74) is 0.481. The van der Waals surface area contributed by atoms with Crippen molar-refractivity contribution in [1.29, 1.82) is 0 Å². The van der Waals surface area contributed by atoms with Gasteiger partial charge in [-0.3, -0.25) is 0 Å². The zero-order valence-electron chi connectivity index (χ0n) is 9.91. The summed E-state index contributed by atoms with van der Waals surface area (Å²) in [4.78, 5) is 8.36. The van der Waals surface area contributed by atoms with E-state index in [4.69, 9.17) is 16.1 Å². The van der Waals surface area contributed by atoms with E-state index in [2.05, 4.69) is 15.1 Å². The minimum Gasteiger partial charge on any atom is -0.508 e. The Morgan fingerprint density at radius 3 is 2.95 bits per heavy atom. The highest BCUT2D eigenvalue weighted by Crippen LogP contribution is 2.30. The molecule has 96 valence electrons. The highest BCUT2D eigenvalue weighted by Gasteiger charge is 2.16. The molecule has 3 rings (SSSR count). The minimum atomic E-state index is 0.0798. The van der Waals surface area contributed by atoms with E-state index in [1.54, 1.807) is 23.0 Å². The number of aromatic hydroxyl groups is 1. The van der Waals surface area contributed by atoms with Gasteiger partial charge in [0.2, 0.25) is 5.82 Å². The Hall–Kier alpha value is -2.34. The summed E-state index contributed by atoms with van der Waals surface area (Å²) < 4.78 is 6.93. The summed E-state index contributed by atoms with van der Waals surface area (Å²) in [5.74, 6) is 1.27. The molecule has 0 aliphatic heterocycles. The highest BCUT2D eigenvalue weighted by molar-refractivity contribution is 6.33. The molecule has 0 radical (unpaired) electrons. The predicted molar refractivity (Wildman–Crippen MR) is 68.6 cm³/mol. The molecule has 0 amide bonds. The summed E-state index contributed by atoms with van der Waals surface area (Å²) in [6, 6.07) is 4.52. The van der Waals surface area contributed by atoms with Gasteiger partial charge in [0.1, 0.15) is 5.75 Å². The van der Waals surface area contributed by atoms with Crippen LogP contribution in [0.25, 0.3) is 23.1 Å². The molecule has 0 spiro atoms. The Bertz CT molecular complexity index is 735. The number of nitrogens with zero attached hydrogens (tertiary/aromatic N) is 4. The number of benzene rings is 1. The summed E-state index contributed by atoms with van der Waals surface area (Å²) in [6.07, 6.45) is 3.43. The average Bonchev–Trinajstić information content (AvgIpc) is 3.00. The fraction of sp³-hybridized carbons (Fsp3) is 0.0833. The molecule has 1 N–H and O–H groups in total. The van der Waals surface area contributed by atoms with Gasteiger partial charge in [0.15, 0.2) is 5.82 Å². The van der Waals surface area contributed by atoms with E-state index in [0.29, 0.717) is 22.2 Å². The fourth-order valence-electron chi connectivity index (χ4n) is 1.68. The summed E-state index contributed by atoms with van der Waals surface area (Å²) >= 11 is 6.04. The average molecular weight is 277 g/mol. The van der Waals surface area contributed by atoms with Crippen LogP contribution in [0.2, 0.25) is 5.02 Å². The number of hydrogen-bond donors (Lipinski definition) is 1. The Morgan fingerprint density at radius 2 is 2.21 bits per heavy atom. The van der Waals surface area contributed by atoms with Crippen molar-refractivity contribution in [2.24, 2.45) is 7.05 Å². The van der Waals surface area contributed by atoms with Crippen LogP contribution in [0.4, 0.5) is 0 Å². The van der Waals surface area contributed by atoms with Gasteiger partial charge in [-0.25, -0.2) is 4.98 Å². The lowest BCUT2D eigenvalue weighted by Gasteiger charge is -1.98. The van der Waals surface area contributed by atoms with E-state index >= 15 is 0 Å². The number of halogens is 1. The van der Waals surface area contributed by atoms with E-state index in [9.17, 15) is 5.11 Å². The molecular weight excluding hydrogens is 268 g/mol. The molecule has 2 aromatic heterocycles. The van der Waals surface area contributed by atoms with Crippen LogP contribution < -0.4 is 0 Å². The maximum absolute atomic E-state index is 9.47. The van der Waals surface area contributed by atoms with Crippen molar-refractivity contribution in [3.63, 3.8) is 0 Å². The van der Waals surface area contributed by atoms with Crippen LogP contribution in [0.15, 0.2) is 35.1 Å². The third kappa shape index (κ3) is 2.06. The zero-order valence-corrected chi connectivity index (χ0v) is 10.7. The Balaban J connectivity index is 2.06. The van der Waals surface area contributed by atoms with Crippen LogP contribution >= 0.6 is 11.6 Å². The standard InChI is InChI=1S/C12H9ClN4O2/c1-17-5-4-14-11(17)10-15-12(19-16-10)8-6-7(18)2-3-9(8)13/h2-6,18H,1H3. The molecule has 0 bridgehead atoms. The van der Waals surface area contributed by atoms with Crippen LogP contribution in [-0.4, -0.2) is 24.8 Å². The fourth-order valence-corrected chi connectivity index (χ4v) is 1.88. The van der Waals surface area contributed by atoms with Crippen molar-refractivity contribution in [3.05, 3.63) is 35.6 Å². The first-order chi connectivity index (χ1) is 9.15. The summed E-state index contributed by atoms with van der Waals surface area (Å²) in [7, 11) is 1.83. The SMILES string of the molecule is Cn1ccnc1-c1noc(-c2cc(O)ccc2Cl)n1. The second kappa shape index (κ2) is 4.40. The number of phenols is 1. The third-order valence-corrected chi connectivity index (χ3v) is 2.96. The molecular formula is C12H9ClN4O2. The van der Waals surface area contributed by atoms with Gasteiger partial charge in [-0.1, -0.05) is 16.8 Å². The van der Waals surface area contributed by atoms with Crippen molar-refractivity contribution in [2.75, 3.05) is 0 Å². The number of phenolic OH excluding ortho intramolecular Hbond substituents is 1. The van der Waals surface area contributed by atoms with Crippen molar-refractivity contribution in [2.45, 2.75) is 0 Å². The van der Waals surface area contributed by atoms with E-state index in [-0.39, 0.29) is 11.6 Å². The topological polar surface area (TPSA) is 77.0 Å². The first-order valence-corrected chi connectivity index (χ1v) is 5.83. The highest BCUT2D eigenvalue weighted by atomic mass is 35.5. The molecule has 2 heterocycles. The molecule has 0 unspecified atom stereocenters. The molecule has 0 aliphatic rings. The first kappa shape index (κ1) is 11.7. The van der Waals surface area contributed by atoms with E-state index in [1.807, 2.05) is 7.05 Å². The van der Waals surface area contributed by atoms with Gasteiger partial charge in [0.25, 0.3) is 5.89 Å². The smallest absolute Gasteiger partial charge is 0.259 e. The van der Waals surface area contributed by atoms with E-state index in [1.165, 1.54) is 12.1 Å². The zero-order chi connectivity index (χ0) is 13.4. The molecule has 19 heavy (non-hydrogen) atoms. The first-order valence-electron chi connectivity index (χ1n) is 5.45. The molecule has 3 aromatic rings. The molecule has 0 saturated heterocycles. The van der Waals surface area contributed by atoms with Gasteiger partial charge in [-0.2, -0.15) is 4.98 Å². The van der Waals surface area contributed by atoms with Crippen molar-refractivity contribution < 1.29 is 9.63 Å². The predicted octanol–water partition coefficient (Wildman–Crippen LogP) is 2.50. The minimum absolute atomic E-state index is 0.0798. The lowest BCUT2D eigenvalue weighted by atomic mass is 10.2. The van der Waals surface area contributed by atoms with Crippen molar-refractivity contribution >= 4 is 11.6 Å². The van der Waals surface area contributed by atoms with Crippen LogP contribution in [0.1, 0.15) is 0 Å². The van der Waals surface area contributed by atoms with Crippen LogP contribution in [-0.2, 0) is 7.05 Å². The number of rotatable bonds is 2. The normalized spacial score (nSPS) is 10.8. The maximum atomic E-state index is 9.47. The Kier molecular flexibility index (Phi) is 2.72. The quantitative estimate of drug-likeness (QED) is 0.778. The lowest BCUT2D eigenvalue weighted by Crippen LogP contribution is -1.92. The van der Waals surface area contributed by atoms with Gasteiger partial charge in [-0.15, -0.1) is 0 Å². The van der Waals surface area contributed by atoms with Crippen LogP contribution in [0.3, 0.4) is 0 Å². The molecule has 1 aromatic carbocycles. The monoisotopic (exact) mass is 276 g/mol. The third-order valence-electron chi connectivity index (χ3n) is 2.63. The Labute approximate surface area is 113 Å². The lowest BCUT2D eigenvalue weighted by molar-refractivity contribution is 0.430. The van der Waals surface area contributed by atoms with Gasteiger partial charge < -0.3 is 14.2 Å². The molecule has 0 fully saturated rings. The van der Waals surface area contributed by atoms with Gasteiger partial charge in [-0.05, 0) is 18.2 Å². The second-order valence-corrected chi connectivity index (χ2v) is 4.36.